The molecule has 2 N–H and O–H groups in total. The molecule has 100 valence electrons. The standard InChI is InChI=1S/C14H19Cl2NO/c1-3-14(4-2)12(17)8-13(14)18-9-5-6-10(15)11(16)7-9/h5-7,12-13H,3-4,8,17H2,1-2H3. The molecule has 1 aromatic carbocycles. The van der Waals surface area contributed by atoms with Gasteiger partial charge in [-0.05, 0) is 25.0 Å². The van der Waals surface area contributed by atoms with Gasteiger partial charge in [0.25, 0.3) is 0 Å². The van der Waals surface area contributed by atoms with Crippen molar-refractivity contribution in [2.24, 2.45) is 11.1 Å². The van der Waals surface area contributed by atoms with Crippen LogP contribution in [0.4, 0.5) is 0 Å². The second-order valence-electron chi connectivity index (χ2n) is 4.96. The molecule has 18 heavy (non-hydrogen) atoms. The van der Waals surface area contributed by atoms with Crippen molar-refractivity contribution in [3.63, 3.8) is 0 Å². The summed E-state index contributed by atoms with van der Waals surface area (Å²) in [5.74, 6) is 0.771. The third-order valence-corrected chi connectivity index (χ3v) is 5.07. The summed E-state index contributed by atoms with van der Waals surface area (Å²) in [5, 5.41) is 1.07. The SMILES string of the molecule is CCC1(CC)C(N)CC1Oc1ccc(Cl)c(Cl)c1. The van der Waals surface area contributed by atoms with E-state index in [-0.39, 0.29) is 17.6 Å². The summed E-state index contributed by atoms with van der Waals surface area (Å²) in [7, 11) is 0. The molecule has 2 atom stereocenters. The van der Waals surface area contributed by atoms with Crippen LogP contribution in [0.3, 0.4) is 0 Å². The first-order valence-electron chi connectivity index (χ1n) is 6.40. The molecule has 0 saturated heterocycles. The summed E-state index contributed by atoms with van der Waals surface area (Å²) >= 11 is 11.9. The number of rotatable bonds is 4. The van der Waals surface area contributed by atoms with Gasteiger partial charge >= 0.3 is 0 Å². The maximum absolute atomic E-state index is 6.15. The second-order valence-corrected chi connectivity index (χ2v) is 5.78. The minimum atomic E-state index is 0.103. The molecule has 1 fully saturated rings. The van der Waals surface area contributed by atoms with E-state index in [1.54, 1.807) is 12.1 Å². The minimum absolute atomic E-state index is 0.103. The van der Waals surface area contributed by atoms with E-state index in [4.69, 9.17) is 33.7 Å². The molecule has 0 radical (unpaired) electrons. The van der Waals surface area contributed by atoms with Gasteiger partial charge < -0.3 is 10.5 Å². The Morgan fingerprint density at radius 2 is 1.94 bits per heavy atom. The molecule has 2 unspecified atom stereocenters. The molecule has 2 nitrogen and oxygen atoms in total. The number of hydrogen-bond donors (Lipinski definition) is 1. The lowest BCUT2D eigenvalue weighted by molar-refractivity contribution is -0.0722. The quantitative estimate of drug-likeness (QED) is 0.897. The summed E-state index contributed by atoms with van der Waals surface area (Å²) in [6.07, 6.45) is 3.16. The van der Waals surface area contributed by atoms with E-state index in [9.17, 15) is 0 Å². The zero-order valence-electron chi connectivity index (χ0n) is 10.7. The minimum Gasteiger partial charge on any atom is -0.490 e. The van der Waals surface area contributed by atoms with Crippen molar-refractivity contribution in [1.29, 1.82) is 0 Å². The van der Waals surface area contributed by atoms with Crippen molar-refractivity contribution in [2.75, 3.05) is 0 Å². The van der Waals surface area contributed by atoms with Gasteiger partial charge in [0, 0.05) is 23.9 Å². The first kappa shape index (κ1) is 14.0. The Bertz CT molecular complexity index is 432. The van der Waals surface area contributed by atoms with Crippen LogP contribution in [0.1, 0.15) is 33.1 Å². The van der Waals surface area contributed by atoms with Crippen LogP contribution in [-0.2, 0) is 0 Å². The maximum Gasteiger partial charge on any atom is 0.121 e. The van der Waals surface area contributed by atoms with Gasteiger partial charge in [0.2, 0.25) is 0 Å². The van der Waals surface area contributed by atoms with E-state index in [0.717, 1.165) is 25.0 Å². The topological polar surface area (TPSA) is 35.2 Å². The molecule has 2 rings (SSSR count). The molecule has 1 aliphatic carbocycles. The molecule has 0 spiro atoms. The summed E-state index contributed by atoms with van der Waals surface area (Å²) in [6.45, 7) is 4.35. The number of benzene rings is 1. The monoisotopic (exact) mass is 287 g/mol. The summed E-state index contributed by atoms with van der Waals surface area (Å²) < 4.78 is 6.03. The van der Waals surface area contributed by atoms with E-state index < -0.39 is 0 Å². The molecule has 0 amide bonds. The molecule has 1 aliphatic rings. The fraction of sp³-hybridized carbons (Fsp3) is 0.571. The summed E-state index contributed by atoms with van der Waals surface area (Å²) in [5.41, 5.74) is 6.25. The van der Waals surface area contributed by atoms with Crippen LogP contribution in [0.2, 0.25) is 10.0 Å². The molecule has 1 aromatic rings. The van der Waals surface area contributed by atoms with Gasteiger partial charge in [-0.2, -0.15) is 0 Å². The Hall–Kier alpha value is -0.440. The zero-order valence-corrected chi connectivity index (χ0v) is 12.3. The Balaban J connectivity index is 2.12. The average Bonchev–Trinajstić information content (AvgIpc) is 2.35. The van der Waals surface area contributed by atoms with E-state index >= 15 is 0 Å². The molecular weight excluding hydrogens is 269 g/mol. The fourth-order valence-electron chi connectivity index (χ4n) is 2.89. The van der Waals surface area contributed by atoms with E-state index in [2.05, 4.69) is 13.8 Å². The van der Waals surface area contributed by atoms with Crippen LogP contribution in [0.5, 0.6) is 5.75 Å². The van der Waals surface area contributed by atoms with Gasteiger partial charge in [-0.15, -0.1) is 0 Å². The van der Waals surface area contributed by atoms with E-state index in [1.165, 1.54) is 0 Å². The third-order valence-electron chi connectivity index (χ3n) is 4.33. The van der Waals surface area contributed by atoms with Crippen LogP contribution in [0.15, 0.2) is 18.2 Å². The zero-order chi connectivity index (χ0) is 13.3. The lowest BCUT2D eigenvalue weighted by atomic mass is 9.59. The van der Waals surface area contributed by atoms with Crippen LogP contribution >= 0.6 is 23.2 Å². The van der Waals surface area contributed by atoms with Gasteiger partial charge in [0.1, 0.15) is 11.9 Å². The van der Waals surface area contributed by atoms with Crippen LogP contribution in [0, 0.1) is 5.41 Å². The maximum atomic E-state index is 6.15. The molecule has 0 bridgehead atoms. The van der Waals surface area contributed by atoms with Crippen molar-refractivity contribution in [3.8, 4) is 5.75 Å². The molecule has 1 saturated carbocycles. The van der Waals surface area contributed by atoms with Crippen molar-refractivity contribution < 1.29 is 4.74 Å². The molecule has 0 heterocycles. The predicted molar refractivity (Wildman–Crippen MR) is 76.5 cm³/mol. The van der Waals surface area contributed by atoms with Gasteiger partial charge in [-0.25, -0.2) is 0 Å². The lowest BCUT2D eigenvalue weighted by Gasteiger charge is -2.53. The van der Waals surface area contributed by atoms with Crippen LogP contribution in [0.25, 0.3) is 0 Å². The molecule has 4 heteroatoms. The molecule has 0 aliphatic heterocycles. The first-order chi connectivity index (χ1) is 8.53. The highest BCUT2D eigenvalue weighted by Gasteiger charge is 2.52. The Labute approximate surface area is 118 Å². The van der Waals surface area contributed by atoms with Crippen molar-refractivity contribution in [2.45, 2.75) is 45.3 Å². The fourth-order valence-corrected chi connectivity index (χ4v) is 3.18. The normalized spacial score (nSPS) is 25.6. The Morgan fingerprint density at radius 1 is 1.28 bits per heavy atom. The smallest absolute Gasteiger partial charge is 0.121 e. The second kappa shape index (κ2) is 5.28. The number of ether oxygens (including phenoxy) is 1. The Kier molecular flexibility index (Phi) is 4.10. The van der Waals surface area contributed by atoms with E-state index in [0.29, 0.717) is 10.0 Å². The molecular formula is C14H19Cl2NO. The lowest BCUT2D eigenvalue weighted by Crippen LogP contribution is -2.62. The largest absolute Gasteiger partial charge is 0.490 e. The average molecular weight is 288 g/mol. The highest BCUT2D eigenvalue weighted by molar-refractivity contribution is 6.42. The van der Waals surface area contributed by atoms with Gasteiger partial charge in [-0.3, -0.25) is 0 Å². The van der Waals surface area contributed by atoms with E-state index in [1.807, 2.05) is 6.07 Å². The number of halogens is 2. The van der Waals surface area contributed by atoms with Crippen molar-refractivity contribution in [1.82, 2.24) is 0 Å². The first-order valence-corrected chi connectivity index (χ1v) is 7.16. The van der Waals surface area contributed by atoms with Gasteiger partial charge in [0.15, 0.2) is 0 Å². The highest BCUT2D eigenvalue weighted by Crippen LogP contribution is 2.48. The van der Waals surface area contributed by atoms with Gasteiger partial charge in [-0.1, -0.05) is 37.0 Å². The molecule has 0 aromatic heterocycles. The Morgan fingerprint density at radius 3 is 2.44 bits per heavy atom. The third kappa shape index (κ3) is 2.22. The van der Waals surface area contributed by atoms with Crippen LogP contribution < -0.4 is 10.5 Å². The van der Waals surface area contributed by atoms with Crippen molar-refractivity contribution >= 4 is 23.2 Å². The number of hydrogen-bond acceptors (Lipinski definition) is 2. The van der Waals surface area contributed by atoms with Crippen LogP contribution in [-0.4, -0.2) is 12.1 Å². The van der Waals surface area contributed by atoms with Gasteiger partial charge in [0.05, 0.1) is 10.0 Å². The predicted octanol–water partition coefficient (Wildman–Crippen LogP) is 4.28. The summed E-state index contributed by atoms with van der Waals surface area (Å²) in [6, 6.07) is 5.62. The number of nitrogens with two attached hydrogens (primary N) is 1. The summed E-state index contributed by atoms with van der Waals surface area (Å²) in [4.78, 5) is 0. The highest BCUT2D eigenvalue weighted by atomic mass is 35.5. The van der Waals surface area contributed by atoms with Crippen molar-refractivity contribution in [3.05, 3.63) is 28.2 Å².